The summed E-state index contributed by atoms with van der Waals surface area (Å²) in [4.78, 5) is 14.0. The van der Waals surface area contributed by atoms with E-state index in [-0.39, 0.29) is 22.7 Å². The van der Waals surface area contributed by atoms with Gasteiger partial charge in [-0.15, -0.1) is 0 Å². The summed E-state index contributed by atoms with van der Waals surface area (Å²) < 4.78 is 39.8. The summed E-state index contributed by atoms with van der Waals surface area (Å²) in [5.74, 6) is -2.21. The summed E-state index contributed by atoms with van der Waals surface area (Å²) in [5, 5.41) is 123. The lowest BCUT2D eigenvalue weighted by Crippen LogP contribution is -2.64. The van der Waals surface area contributed by atoms with Crippen molar-refractivity contribution in [2.75, 3.05) is 13.2 Å². The van der Waals surface area contributed by atoms with Crippen LogP contribution in [0.5, 0.6) is 23.0 Å². The van der Waals surface area contributed by atoms with Crippen molar-refractivity contribution < 1.29 is 94.1 Å². The maximum Gasteiger partial charge on any atom is 0.239 e. The quantitative estimate of drug-likeness (QED) is 0.0992. The van der Waals surface area contributed by atoms with E-state index in [1.165, 1.54) is 31.2 Å². The molecule has 1 aromatic heterocycles. The zero-order valence-corrected chi connectivity index (χ0v) is 27.7. The van der Waals surface area contributed by atoms with Gasteiger partial charge in [0.2, 0.25) is 23.8 Å². The topological polar surface area (TPSA) is 328 Å². The van der Waals surface area contributed by atoms with E-state index in [0.29, 0.717) is 0 Å². The van der Waals surface area contributed by atoms with E-state index in [2.05, 4.69) is 0 Å². The molecule has 15 atom stereocenters. The van der Waals surface area contributed by atoms with Crippen LogP contribution in [0.4, 0.5) is 0 Å². The van der Waals surface area contributed by atoms with E-state index in [1.54, 1.807) is 0 Å². The molecule has 20 heteroatoms. The lowest BCUT2D eigenvalue weighted by Gasteiger charge is -2.45. The summed E-state index contributed by atoms with van der Waals surface area (Å²) in [6, 6.07) is 7.21. The first kappa shape index (κ1) is 39.0. The Morgan fingerprint density at radius 2 is 1.25 bits per heavy atom. The van der Waals surface area contributed by atoms with Crippen molar-refractivity contribution in [2.24, 2.45) is 0 Å². The maximum atomic E-state index is 14.0. The normalized spacial score (nSPS) is 37.8. The van der Waals surface area contributed by atoms with E-state index < -0.39 is 133 Å². The van der Waals surface area contributed by atoms with Gasteiger partial charge in [-0.3, -0.25) is 4.79 Å². The molecule has 0 amide bonds. The fourth-order valence-electron chi connectivity index (χ4n) is 6.24. The molecule has 12 N–H and O–H groups in total. The van der Waals surface area contributed by atoms with Crippen molar-refractivity contribution in [3.05, 3.63) is 46.6 Å². The third-order valence-electron chi connectivity index (χ3n) is 9.29. The molecule has 0 aliphatic carbocycles. The zero-order valence-electron chi connectivity index (χ0n) is 27.7. The minimum absolute atomic E-state index is 0.0264. The van der Waals surface area contributed by atoms with Crippen LogP contribution < -0.4 is 14.9 Å². The first-order chi connectivity index (χ1) is 25.1. The third-order valence-corrected chi connectivity index (χ3v) is 9.29. The van der Waals surface area contributed by atoms with Crippen molar-refractivity contribution in [1.29, 1.82) is 0 Å². The van der Waals surface area contributed by atoms with Crippen LogP contribution >= 0.6 is 0 Å². The van der Waals surface area contributed by atoms with Gasteiger partial charge in [0, 0.05) is 17.7 Å². The Bertz CT molecular complexity index is 1780. The summed E-state index contributed by atoms with van der Waals surface area (Å²) in [6.45, 7) is -0.182. The molecule has 3 fully saturated rings. The molecule has 6 unspecified atom stereocenters. The van der Waals surface area contributed by atoms with Gasteiger partial charge >= 0.3 is 0 Å². The fourth-order valence-corrected chi connectivity index (χ4v) is 6.24. The second kappa shape index (κ2) is 15.6. The molecular formula is C33H40O20. The molecule has 3 aliphatic heterocycles. The molecule has 53 heavy (non-hydrogen) atoms. The number of aliphatic hydroxyl groups is 10. The Morgan fingerprint density at radius 3 is 1.89 bits per heavy atom. The molecule has 0 bridgehead atoms. The van der Waals surface area contributed by atoms with Gasteiger partial charge in [0.1, 0.15) is 89.3 Å². The predicted octanol–water partition coefficient (Wildman–Crippen LogP) is -3.92. The van der Waals surface area contributed by atoms with Gasteiger partial charge in [-0.25, -0.2) is 0 Å². The van der Waals surface area contributed by atoms with Crippen LogP contribution in [0.2, 0.25) is 0 Å². The van der Waals surface area contributed by atoms with Crippen LogP contribution in [0.3, 0.4) is 0 Å². The number of hydrogen-bond acceptors (Lipinski definition) is 20. The molecule has 3 saturated heterocycles. The number of benzene rings is 2. The first-order valence-corrected chi connectivity index (χ1v) is 16.4. The molecular weight excluding hydrogens is 716 g/mol. The Hall–Kier alpha value is -3.71. The highest BCUT2D eigenvalue weighted by Crippen LogP contribution is 2.39. The third kappa shape index (κ3) is 7.39. The first-order valence-electron chi connectivity index (χ1n) is 16.4. The van der Waals surface area contributed by atoms with E-state index in [1.807, 2.05) is 0 Å². The standard InChI is InChI=1S/C33H40O20/c1-10-19(38)23(42)26(45)31(47-10)53-30-25(44)21(40)17(9-35)51-33(30)52-29-22(41)18-14(37)6-12(36)7-15(18)49-28(29)11-2-4-13(5-3-11)48-32-27(46)24(43)20(39)16(8-34)50-32/h2-7,10,16-17,19-21,23-27,30-40,42-46H,8-9H2,1H3/t10?,16-,17-,19+,20-,21-,23-,24?,25?,26?,27?,30?,31+,32-,33+/m1/s1. The number of fused-ring (bicyclic) bond motifs is 1. The molecule has 3 aromatic rings. The molecule has 0 saturated carbocycles. The number of aromatic hydroxyl groups is 2. The summed E-state index contributed by atoms with van der Waals surface area (Å²) in [5.41, 5.74) is -1.27. The fraction of sp³-hybridized carbons (Fsp3) is 0.545. The SMILES string of the molecule is CC1O[C@@H](OC2C(O)[C@H](O)[C@@H](CO)O[C@H]2Oc2c(-c3ccc(O[C@@H]4O[C@H](CO)[C@@H](O)C(O)C4O)cc3)oc3cc(O)cc(O)c3c2=O)C(O)[C@H](O)[C@H]1O. The number of ether oxygens (including phenoxy) is 6. The van der Waals surface area contributed by atoms with Gasteiger partial charge in [0.25, 0.3) is 0 Å². The van der Waals surface area contributed by atoms with Crippen molar-refractivity contribution in [3.8, 4) is 34.3 Å². The summed E-state index contributed by atoms with van der Waals surface area (Å²) >= 11 is 0. The molecule has 2 aromatic carbocycles. The Balaban J connectivity index is 1.37. The van der Waals surface area contributed by atoms with Gasteiger partial charge in [-0.1, -0.05) is 0 Å². The smallest absolute Gasteiger partial charge is 0.239 e. The van der Waals surface area contributed by atoms with Gasteiger partial charge < -0.3 is 94.1 Å². The van der Waals surface area contributed by atoms with Crippen molar-refractivity contribution >= 4 is 11.0 Å². The highest BCUT2D eigenvalue weighted by molar-refractivity contribution is 5.88. The van der Waals surface area contributed by atoms with E-state index in [4.69, 9.17) is 32.8 Å². The minimum atomic E-state index is -1.94. The number of rotatable bonds is 9. The van der Waals surface area contributed by atoms with E-state index in [0.717, 1.165) is 12.1 Å². The second-order valence-electron chi connectivity index (χ2n) is 12.9. The number of phenolic OH excluding ortho intramolecular Hbond substituents is 2. The van der Waals surface area contributed by atoms with Crippen LogP contribution in [-0.2, 0) is 18.9 Å². The molecule has 6 rings (SSSR count). The second-order valence-corrected chi connectivity index (χ2v) is 12.9. The molecule has 0 radical (unpaired) electrons. The summed E-state index contributed by atoms with van der Waals surface area (Å²) in [7, 11) is 0. The Labute approximate surface area is 298 Å². The minimum Gasteiger partial charge on any atom is -0.508 e. The number of phenols is 2. The van der Waals surface area contributed by atoms with Crippen LogP contribution in [0.1, 0.15) is 6.92 Å². The van der Waals surface area contributed by atoms with Gasteiger partial charge in [-0.05, 0) is 31.2 Å². The summed E-state index contributed by atoms with van der Waals surface area (Å²) in [6.07, 6.45) is -24.8. The van der Waals surface area contributed by atoms with E-state index >= 15 is 0 Å². The van der Waals surface area contributed by atoms with Crippen LogP contribution in [0.15, 0.2) is 45.6 Å². The van der Waals surface area contributed by atoms with Crippen molar-refractivity contribution in [2.45, 2.75) is 99.0 Å². The van der Waals surface area contributed by atoms with Crippen LogP contribution in [0, 0.1) is 0 Å². The van der Waals surface area contributed by atoms with Gasteiger partial charge in [0.05, 0.1) is 19.3 Å². The largest absolute Gasteiger partial charge is 0.508 e. The van der Waals surface area contributed by atoms with Gasteiger partial charge in [-0.2, -0.15) is 0 Å². The molecule has 4 heterocycles. The molecule has 20 nitrogen and oxygen atoms in total. The monoisotopic (exact) mass is 756 g/mol. The molecule has 292 valence electrons. The number of aliphatic hydroxyl groups excluding tert-OH is 10. The molecule has 3 aliphatic rings. The highest BCUT2D eigenvalue weighted by atomic mass is 16.8. The van der Waals surface area contributed by atoms with Crippen LogP contribution in [-0.4, -0.2) is 167 Å². The lowest BCUT2D eigenvalue weighted by atomic mass is 9.97. The maximum absolute atomic E-state index is 14.0. The average molecular weight is 757 g/mol. The van der Waals surface area contributed by atoms with Gasteiger partial charge in [0.15, 0.2) is 18.2 Å². The average Bonchev–Trinajstić information content (AvgIpc) is 3.13. The molecule has 0 spiro atoms. The number of hydrogen-bond donors (Lipinski definition) is 12. The Morgan fingerprint density at radius 1 is 0.660 bits per heavy atom. The predicted molar refractivity (Wildman–Crippen MR) is 171 cm³/mol. The highest BCUT2D eigenvalue weighted by Gasteiger charge is 2.51. The van der Waals surface area contributed by atoms with E-state index in [9.17, 15) is 66.1 Å². The lowest BCUT2D eigenvalue weighted by molar-refractivity contribution is -0.354. The zero-order chi connectivity index (χ0) is 38.5. The van der Waals surface area contributed by atoms with Crippen molar-refractivity contribution in [3.63, 3.8) is 0 Å². The Kier molecular flexibility index (Phi) is 11.5. The van der Waals surface area contributed by atoms with Crippen LogP contribution in [0.25, 0.3) is 22.3 Å². The van der Waals surface area contributed by atoms with Crippen molar-refractivity contribution in [1.82, 2.24) is 0 Å².